The van der Waals surface area contributed by atoms with Crippen LogP contribution in [0.4, 0.5) is 11.4 Å². The van der Waals surface area contributed by atoms with Crippen molar-refractivity contribution in [1.29, 1.82) is 0 Å². The zero-order valence-electron chi connectivity index (χ0n) is 29.7. The van der Waals surface area contributed by atoms with Crippen molar-refractivity contribution in [2.45, 2.75) is 88.7 Å². The lowest BCUT2D eigenvalue weighted by molar-refractivity contribution is -0.141. The second-order valence-corrected chi connectivity index (χ2v) is 16.8. The molecule has 1 spiro atoms. The Kier molecular flexibility index (Phi) is 7.47. The van der Waals surface area contributed by atoms with Gasteiger partial charge in [-0.1, -0.05) is 45.9 Å². The van der Waals surface area contributed by atoms with Gasteiger partial charge in [0.1, 0.15) is 30.3 Å². The molecule has 0 saturated carbocycles. The Morgan fingerprint density at radius 1 is 0.735 bits per heavy atom. The summed E-state index contributed by atoms with van der Waals surface area (Å²) < 4.78 is 47.8. The Morgan fingerprint density at radius 2 is 1.18 bits per heavy atom. The lowest BCUT2D eigenvalue weighted by atomic mass is 9.71. The molecule has 7 rings (SSSR count). The summed E-state index contributed by atoms with van der Waals surface area (Å²) in [6.45, 7) is 17.4. The molecule has 0 amide bonds. The fraction of sp³-hybridized carbons (Fsp3) is 0.474. The van der Waals surface area contributed by atoms with E-state index in [1.165, 1.54) is 18.2 Å². The van der Waals surface area contributed by atoms with Crippen molar-refractivity contribution in [3.05, 3.63) is 76.3 Å². The van der Waals surface area contributed by atoms with E-state index in [0.29, 0.717) is 30.2 Å². The third-order valence-corrected chi connectivity index (χ3v) is 13.8. The average molecular weight is 688 g/mol. The summed E-state index contributed by atoms with van der Waals surface area (Å²) in [7, 11) is -2.21. The maximum Gasteiger partial charge on any atom is 0.302 e. The summed E-state index contributed by atoms with van der Waals surface area (Å²) in [5.41, 5.74) is 4.51. The molecule has 4 aliphatic heterocycles. The number of sulfonamides is 1. The Balaban J connectivity index is 1.49. The van der Waals surface area contributed by atoms with E-state index in [0.717, 1.165) is 33.6 Å². The smallest absolute Gasteiger partial charge is 0.302 e. The lowest BCUT2D eigenvalue weighted by Crippen LogP contribution is -2.45. The molecule has 0 fully saturated rings. The highest BCUT2D eigenvalue weighted by atomic mass is 32.2. The van der Waals surface area contributed by atoms with Gasteiger partial charge in [-0.05, 0) is 43.2 Å². The number of benzene rings is 3. The van der Waals surface area contributed by atoms with Crippen molar-refractivity contribution in [3.8, 4) is 11.5 Å². The molecule has 4 heterocycles. The number of ether oxygens (including phenoxy) is 3. The zero-order chi connectivity index (χ0) is 35.4. The minimum absolute atomic E-state index is 0.0643. The third-order valence-electron chi connectivity index (χ3n) is 11.9. The zero-order valence-corrected chi connectivity index (χ0v) is 30.5. The van der Waals surface area contributed by atoms with Crippen molar-refractivity contribution < 1.29 is 32.2 Å². The molecule has 3 aromatic rings. The Hall–Kier alpha value is -4.09. The molecule has 0 aromatic heterocycles. The van der Waals surface area contributed by atoms with Crippen LogP contribution in [0.5, 0.6) is 11.5 Å². The van der Waals surface area contributed by atoms with Gasteiger partial charge in [-0.25, -0.2) is 8.42 Å². The normalized spacial score (nSPS) is 24.8. The molecule has 2 atom stereocenters. The second-order valence-electron chi connectivity index (χ2n) is 14.9. The van der Waals surface area contributed by atoms with Crippen LogP contribution in [-0.4, -0.2) is 70.1 Å². The number of esters is 2. The van der Waals surface area contributed by atoms with Gasteiger partial charge in [-0.2, -0.15) is 4.31 Å². The van der Waals surface area contributed by atoms with Gasteiger partial charge in [-0.15, -0.1) is 0 Å². The van der Waals surface area contributed by atoms with Crippen LogP contribution < -0.4 is 14.5 Å². The Labute approximate surface area is 289 Å². The van der Waals surface area contributed by atoms with Crippen LogP contribution >= 0.6 is 0 Å². The number of carbonyl (C=O) groups is 2. The summed E-state index contributed by atoms with van der Waals surface area (Å²) in [5, 5.41) is 0. The second kappa shape index (κ2) is 11.0. The quantitative estimate of drug-likeness (QED) is 0.297. The average Bonchev–Trinajstić information content (AvgIpc) is 3.42. The number of carbonyl (C=O) groups excluding carboxylic acids is 2. The van der Waals surface area contributed by atoms with Gasteiger partial charge in [0, 0.05) is 84.0 Å². The van der Waals surface area contributed by atoms with E-state index in [2.05, 4.69) is 63.5 Å². The minimum atomic E-state index is -3.89. The molecule has 0 radical (unpaired) electrons. The van der Waals surface area contributed by atoms with E-state index in [9.17, 15) is 18.0 Å². The lowest BCUT2D eigenvalue weighted by Gasteiger charge is -2.42. The van der Waals surface area contributed by atoms with Crippen LogP contribution in [-0.2, 0) is 45.5 Å². The SMILES string of the molecule is CC(=O)OCCN1c2cc3c(cc2C(C)(C)C1C)C1(c2cc4c(cc2O3)N(CCOC(C)=O)C(C)C4(C)C)c2ccccc2S(=O)(=O)N1C. The standard InChI is InChI=1S/C38H45N3O7S/c1-22-36(5,6)27-18-29-33(20-31(27)40(22)14-16-46-24(3)42)48-34-21-32-28(37(7,8)23(2)41(32)15-17-47-25(4)43)19-30(34)38(29)26-12-10-11-13-35(26)49(44,45)39(38)9/h10-13,18-23H,14-17H2,1-9H3. The summed E-state index contributed by atoms with van der Waals surface area (Å²) in [5.74, 6) is 0.498. The van der Waals surface area contributed by atoms with Gasteiger partial charge < -0.3 is 24.0 Å². The summed E-state index contributed by atoms with van der Waals surface area (Å²) in [4.78, 5) is 28.0. The molecule has 0 saturated heterocycles. The minimum Gasteiger partial charge on any atom is -0.464 e. The predicted octanol–water partition coefficient (Wildman–Crippen LogP) is 5.82. The molecule has 260 valence electrons. The highest BCUT2D eigenvalue weighted by Gasteiger charge is 2.60. The van der Waals surface area contributed by atoms with Crippen LogP contribution in [0.3, 0.4) is 0 Å². The summed E-state index contributed by atoms with van der Waals surface area (Å²) >= 11 is 0. The fourth-order valence-corrected chi connectivity index (χ4v) is 10.3. The fourth-order valence-electron chi connectivity index (χ4n) is 8.61. The van der Waals surface area contributed by atoms with E-state index >= 15 is 0 Å². The van der Waals surface area contributed by atoms with Gasteiger partial charge in [0.2, 0.25) is 10.0 Å². The van der Waals surface area contributed by atoms with Crippen molar-refractivity contribution in [2.24, 2.45) is 0 Å². The predicted molar refractivity (Wildman–Crippen MR) is 187 cm³/mol. The first-order valence-electron chi connectivity index (χ1n) is 16.9. The van der Waals surface area contributed by atoms with Gasteiger partial charge in [0.25, 0.3) is 0 Å². The largest absolute Gasteiger partial charge is 0.464 e. The molecule has 49 heavy (non-hydrogen) atoms. The number of fused-ring (bicyclic) bond motifs is 8. The topological polar surface area (TPSA) is 106 Å². The van der Waals surface area contributed by atoms with E-state index in [1.807, 2.05) is 24.3 Å². The molecular formula is C38H45N3O7S. The van der Waals surface area contributed by atoms with Crippen LogP contribution in [0.15, 0.2) is 53.4 Å². The van der Waals surface area contributed by atoms with Crippen molar-refractivity contribution in [2.75, 3.05) is 43.2 Å². The van der Waals surface area contributed by atoms with E-state index in [-0.39, 0.29) is 53.0 Å². The molecule has 0 bridgehead atoms. The monoisotopic (exact) mass is 687 g/mol. The van der Waals surface area contributed by atoms with Crippen LogP contribution in [0.1, 0.15) is 83.2 Å². The molecule has 3 aromatic carbocycles. The first-order chi connectivity index (χ1) is 23.0. The Bertz CT molecular complexity index is 1920. The van der Waals surface area contributed by atoms with Crippen molar-refractivity contribution in [3.63, 3.8) is 0 Å². The first-order valence-corrected chi connectivity index (χ1v) is 18.3. The molecular weight excluding hydrogens is 642 g/mol. The van der Waals surface area contributed by atoms with Crippen molar-refractivity contribution >= 4 is 33.3 Å². The van der Waals surface area contributed by atoms with Gasteiger partial charge in [-0.3, -0.25) is 9.59 Å². The number of hydrogen-bond donors (Lipinski definition) is 0. The van der Waals surface area contributed by atoms with Crippen LogP contribution in [0, 0.1) is 0 Å². The Morgan fingerprint density at radius 3 is 1.63 bits per heavy atom. The number of anilines is 2. The molecule has 0 aliphatic carbocycles. The van der Waals surface area contributed by atoms with Gasteiger partial charge in [0.15, 0.2) is 0 Å². The van der Waals surface area contributed by atoms with Crippen LogP contribution in [0.25, 0.3) is 0 Å². The highest BCUT2D eigenvalue weighted by molar-refractivity contribution is 7.89. The molecule has 11 heteroatoms. The number of nitrogens with zero attached hydrogens (tertiary/aromatic N) is 3. The van der Waals surface area contributed by atoms with E-state index in [4.69, 9.17) is 14.2 Å². The van der Waals surface area contributed by atoms with E-state index < -0.39 is 15.6 Å². The maximum absolute atomic E-state index is 14.3. The van der Waals surface area contributed by atoms with Crippen molar-refractivity contribution in [1.82, 2.24) is 4.31 Å². The van der Waals surface area contributed by atoms with Gasteiger partial charge in [0.05, 0.1) is 18.0 Å². The highest BCUT2D eigenvalue weighted by Crippen LogP contribution is 2.63. The van der Waals surface area contributed by atoms with E-state index in [1.54, 1.807) is 19.2 Å². The van der Waals surface area contributed by atoms with Gasteiger partial charge >= 0.3 is 11.9 Å². The summed E-state index contributed by atoms with van der Waals surface area (Å²) in [6, 6.07) is 15.8. The maximum atomic E-state index is 14.3. The number of rotatable bonds is 6. The summed E-state index contributed by atoms with van der Waals surface area (Å²) in [6.07, 6.45) is 0. The van der Waals surface area contributed by atoms with Crippen LogP contribution in [0.2, 0.25) is 0 Å². The first kappa shape index (κ1) is 33.4. The molecule has 0 N–H and O–H groups in total. The molecule has 4 aliphatic rings. The third kappa shape index (κ3) is 4.50. The molecule has 2 unspecified atom stereocenters. The molecule has 10 nitrogen and oxygen atoms in total. The number of hydrogen-bond acceptors (Lipinski definition) is 9.